The first-order valence-electron chi connectivity index (χ1n) is 16.5. The molecule has 1 saturated heterocycles. The summed E-state index contributed by atoms with van der Waals surface area (Å²) in [6.45, 7) is 3.62. The SMILES string of the molecule is CCCCCCCCCCCCCCCCCCCCCCOC[C@H](COP1(=O)OCCCO1)OC(=O)N(C)C. The van der Waals surface area contributed by atoms with Crippen molar-refractivity contribution < 1.29 is 32.4 Å². The summed E-state index contributed by atoms with van der Waals surface area (Å²) in [5, 5.41) is 0. The summed E-state index contributed by atoms with van der Waals surface area (Å²) in [5.41, 5.74) is 0. The Balaban J connectivity index is 1.92. The first-order valence-corrected chi connectivity index (χ1v) is 17.9. The standard InChI is InChI=1S/C31H62NO7P/c1-4-5-6-7-8-9-10-11-12-13-14-15-16-17-18-19-20-21-22-23-25-35-28-30(39-31(33)32(2)3)29-38-40(34)36-26-24-27-37-40/h30H,4-29H2,1-3H3/t30-/m1/s1. The summed E-state index contributed by atoms with van der Waals surface area (Å²) in [4.78, 5) is 13.3. The molecule has 0 aromatic carbocycles. The van der Waals surface area contributed by atoms with Gasteiger partial charge in [-0.2, -0.15) is 0 Å². The van der Waals surface area contributed by atoms with Gasteiger partial charge < -0.3 is 14.4 Å². The second kappa shape index (κ2) is 26.0. The second-order valence-corrected chi connectivity index (χ2v) is 13.1. The van der Waals surface area contributed by atoms with Crippen LogP contribution in [0.1, 0.15) is 142 Å². The maximum absolute atomic E-state index is 12.4. The van der Waals surface area contributed by atoms with Crippen LogP contribution in [0.25, 0.3) is 0 Å². The van der Waals surface area contributed by atoms with E-state index in [4.69, 9.17) is 23.0 Å². The Morgan fingerprint density at radius 1 is 0.700 bits per heavy atom. The van der Waals surface area contributed by atoms with Crippen LogP contribution < -0.4 is 0 Å². The number of amides is 1. The number of carbonyl (C=O) groups is 1. The zero-order chi connectivity index (χ0) is 29.2. The molecular formula is C31H62NO7P. The van der Waals surface area contributed by atoms with E-state index in [-0.39, 0.29) is 13.2 Å². The van der Waals surface area contributed by atoms with Gasteiger partial charge in [-0.3, -0.25) is 13.6 Å². The molecule has 0 spiro atoms. The Morgan fingerprint density at radius 3 is 1.55 bits per heavy atom. The van der Waals surface area contributed by atoms with Crippen molar-refractivity contribution >= 4 is 13.9 Å². The molecule has 1 aliphatic rings. The minimum atomic E-state index is -3.58. The van der Waals surface area contributed by atoms with Crippen molar-refractivity contribution in [3.8, 4) is 0 Å². The van der Waals surface area contributed by atoms with Gasteiger partial charge in [-0.05, 0) is 12.8 Å². The fourth-order valence-corrected chi connectivity index (χ4v) is 6.01. The van der Waals surface area contributed by atoms with Gasteiger partial charge in [0, 0.05) is 20.7 Å². The lowest BCUT2D eigenvalue weighted by Crippen LogP contribution is -2.33. The third kappa shape index (κ3) is 22.0. The molecule has 8 nitrogen and oxygen atoms in total. The van der Waals surface area contributed by atoms with E-state index in [0.717, 1.165) is 12.8 Å². The molecule has 40 heavy (non-hydrogen) atoms. The number of hydrogen-bond acceptors (Lipinski definition) is 7. The fraction of sp³-hybridized carbons (Fsp3) is 0.968. The number of unbranched alkanes of at least 4 members (excludes halogenated alkanes) is 19. The van der Waals surface area contributed by atoms with Gasteiger partial charge in [0.05, 0.1) is 26.4 Å². The number of nitrogens with zero attached hydrogens (tertiary/aromatic N) is 1. The molecule has 0 unspecified atom stereocenters. The smallest absolute Gasteiger partial charge is 0.441 e. The number of phosphoric ester groups is 1. The average Bonchev–Trinajstić information content (AvgIpc) is 2.94. The van der Waals surface area contributed by atoms with Gasteiger partial charge in [-0.25, -0.2) is 9.36 Å². The molecule has 1 amide bonds. The molecule has 1 aliphatic heterocycles. The van der Waals surface area contributed by atoms with Crippen molar-refractivity contribution in [3.63, 3.8) is 0 Å². The molecule has 0 radical (unpaired) electrons. The minimum Gasteiger partial charge on any atom is -0.441 e. The highest BCUT2D eigenvalue weighted by molar-refractivity contribution is 7.48. The molecule has 0 aliphatic carbocycles. The molecule has 1 rings (SSSR count). The molecule has 0 aromatic heterocycles. The van der Waals surface area contributed by atoms with E-state index < -0.39 is 20.0 Å². The van der Waals surface area contributed by atoms with E-state index in [1.54, 1.807) is 14.1 Å². The second-order valence-electron chi connectivity index (χ2n) is 11.5. The number of rotatable bonds is 27. The Bertz CT molecular complexity index is 625. The van der Waals surface area contributed by atoms with Gasteiger partial charge in [0.15, 0.2) is 6.10 Å². The first-order chi connectivity index (χ1) is 19.5. The maximum Gasteiger partial charge on any atom is 0.474 e. The van der Waals surface area contributed by atoms with Crippen LogP contribution in [0.5, 0.6) is 0 Å². The van der Waals surface area contributed by atoms with Crippen molar-refractivity contribution in [2.75, 3.05) is 47.1 Å². The van der Waals surface area contributed by atoms with Crippen LogP contribution in [0.4, 0.5) is 4.79 Å². The largest absolute Gasteiger partial charge is 0.474 e. The van der Waals surface area contributed by atoms with Gasteiger partial charge >= 0.3 is 13.9 Å². The quantitative estimate of drug-likeness (QED) is 0.0695. The summed E-state index contributed by atoms with van der Waals surface area (Å²) in [6, 6.07) is 0. The van der Waals surface area contributed by atoms with Crippen LogP contribution >= 0.6 is 7.82 Å². The van der Waals surface area contributed by atoms with Crippen LogP contribution in [-0.4, -0.2) is 64.2 Å². The van der Waals surface area contributed by atoms with E-state index in [0.29, 0.717) is 26.2 Å². The van der Waals surface area contributed by atoms with Crippen molar-refractivity contribution in [1.29, 1.82) is 0 Å². The van der Waals surface area contributed by atoms with Crippen LogP contribution in [0, 0.1) is 0 Å². The third-order valence-electron chi connectivity index (χ3n) is 7.28. The summed E-state index contributed by atoms with van der Waals surface area (Å²) in [5.74, 6) is 0. The summed E-state index contributed by atoms with van der Waals surface area (Å²) < 4.78 is 39.1. The number of hydrogen-bond donors (Lipinski definition) is 0. The summed E-state index contributed by atoms with van der Waals surface area (Å²) in [7, 11) is -0.363. The topological polar surface area (TPSA) is 83.5 Å². The Hall–Kier alpha value is -0.660. The highest BCUT2D eigenvalue weighted by atomic mass is 31.2. The molecule has 0 bridgehead atoms. The molecule has 1 fully saturated rings. The van der Waals surface area contributed by atoms with Gasteiger partial charge in [-0.1, -0.05) is 129 Å². The monoisotopic (exact) mass is 591 g/mol. The summed E-state index contributed by atoms with van der Waals surface area (Å²) >= 11 is 0. The summed E-state index contributed by atoms with van der Waals surface area (Å²) in [6.07, 6.45) is 26.6. The highest BCUT2D eigenvalue weighted by Crippen LogP contribution is 2.51. The van der Waals surface area contributed by atoms with Crippen LogP contribution in [0.3, 0.4) is 0 Å². The fourth-order valence-electron chi connectivity index (χ4n) is 4.74. The number of ether oxygens (including phenoxy) is 2. The van der Waals surface area contributed by atoms with Gasteiger partial charge in [0.2, 0.25) is 0 Å². The van der Waals surface area contributed by atoms with Crippen LogP contribution in [0.2, 0.25) is 0 Å². The van der Waals surface area contributed by atoms with Gasteiger partial charge in [-0.15, -0.1) is 0 Å². The van der Waals surface area contributed by atoms with Crippen molar-refractivity contribution in [2.24, 2.45) is 0 Å². The van der Waals surface area contributed by atoms with Crippen molar-refractivity contribution in [1.82, 2.24) is 4.90 Å². The molecule has 1 atom stereocenters. The Kier molecular flexibility index (Phi) is 24.3. The zero-order valence-corrected chi connectivity index (χ0v) is 27.1. The van der Waals surface area contributed by atoms with Gasteiger partial charge in [0.1, 0.15) is 0 Å². The van der Waals surface area contributed by atoms with E-state index in [2.05, 4.69) is 6.92 Å². The van der Waals surface area contributed by atoms with E-state index >= 15 is 0 Å². The third-order valence-corrected chi connectivity index (χ3v) is 8.75. The first kappa shape index (κ1) is 37.4. The Morgan fingerprint density at radius 2 is 1.12 bits per heavy atom. The zero-order valence-electron chi connectivity index (χ0n) is 26.2. The lowest BCUT2D eigenvalue weighted by molar-refractivity contribution is -0.0230. The van der Waals surface area contributed by atoms with Crippen LogP contribution in [0.15, 0.2) is 0 Å². The van der Waals surface area contributed by atoms with Crippen molar-refractivity contribution in [3.05, 3.63) is 0 Å². The van der Waals surface area contributed by atoms with E-state index in [1.807, 2.05) is 0 Å². The van der Waals surface area contributed by atoms with E-state index in [1.165, 1.54) is 120 Å². The van der Waals surface area contributed by atoms with E-state index in [9.17, 15) is 9.36 Å². The lowest BCUT2D eigenvalue weighted by Gasteiger charge is -2.25. The molecule has 238 valence electrons. The molecule has 0 N–H and O–H groups in total. The van der Waals surface area contributed by atoms with Gasteiger partial charge in [0.25, 0.3) is 0 Å². The normalized spacial score (nSPS) is 15.7. The average molecular weight is 592 g/mol. The van der Waals surface area contributed by atoms with Crippen LogP contribution in [-0.2, 0) is 27.6 Å². The maximum atomic E-state index is 12.4. The molecule has 1 heterocycles. The molecule has 9 heteroatoms. The Labute approximate surface area is 246 Å². The predicted molar refractivity (Wildman–Crippen MR) is 163 cm³/mol. The highest BCUT2D eigenvalue weighted by Gasteiger charge is 2.31. The molecule has 0 aromatic rings. The lowest BCUT2D eigenvalue weighted by atomic mass is 10.0. The molecule has 0 saturated carbocycles. The van der Waals surface area contributed by atoms with Crippen molar-refractivity contribution in [2.45, 2.75) is 148 Å². The number of carbonyl (C=O) groups excluding carboxylic acids is 1. The minimum absolute atomic E-state index is 0.101. The molecular weight excluding hydrogens is 529 g/mol. The number of phosphoric acid groups is 1. The predicted octanol–water partition coefficient (Wildman–Crippen LogP) is 9.45.